The third-order valence-corrected chi connectivity index (χ3v) is 7.88. The van der Waals surface area contributed by atoms with Gasteiger partial charge in [0, 0.05) is 24.1 Å². The summed E-state index contributed by atoms with van der Waals surface area (Å²) < 4.78 is 11.7. The summed E-state index contributed by atoms with van der Waals surface area (Å²) in [6, 6.07) is 6.48. The quantitative estimate of drug-likeness (QED) is 0.219. The molecule has 5 rings (SSSR count). The van der Waals surface area contributed by atoms with Crippen molar-refractivity contribution < 1.29 is 29.0 Å². The third kappa shape index (κ3) is 3.89. The number of carbonyl (C=O) groups excluding carboxylic acids is 3. The molecule has 2 aliphatic heterocycles. The van der Waals surface area contributed by atoms with Gasteiger partial charge in [0.25, 0.3) is 5.60 Å². The molecular formula is C28H32N2O6. The van der Waals surface area contributed by atoms with Gasteiger partial charge in [0.2, 0.25) is 5.78 Å². The number of benzene rings is 1. The molecular weight excluding hydrogens is 460 g/mol. The van der Waals surface area contributed by atoms with Gasteiger partial charge in [-0.2, -0.15) is 0 Å². The molecule has 190 valence electrons. The molecule has 1 aromatic carbocycles. The van der Waals surface area contributed by atoms with Crippen LogP contribution in [0.5, 0.6) is 0 Å². The van der Waals surface area contributed by atoms with Crippen molar-refractivity contribution in [2.45, 2.75) is 69.2 Å². The van der Waals surface area contributed by atoms with Crippen LogP contribution >= 0.6 is 0 Å². The molecule has 0 spiro atoms. The van der Waals surface area contributed by atoms with E-state index in [1.54, 1.807) is 24.3 Å². The predicted molar refractivity (Wildman–Crippen MR) is 132 cm³/mol. The van der Waals surface area contributed by atoms with Gasteiger partial charge in [-0.3, -0.25) is 9.59 Å². The van der Waals surface area contributed by atoms with E-state index < -0.39 is 28.7 Å². The van der Waals surface area contributed by atoms with Crippen molar-refractivity contribution in [1.82, 2.24) is 5.32 Å². The first-order valence-electron chi connectivity index (χ1n) is 12.6. The van der Waals surface area contributed by atoms with Gasteiger partial charge in [-0.1, -0.05) is 35.9 Å². The van der Waals surface area contributed by atoms with Gasteiger partial charge < -0.3 is 25.6 Å². The highest BCUT2D eigenvalue weighted by Gasteiger charge is 2.85. The van der Waals surface area contributed by atoms with Gasteiger partial charge in [-0.05, 0) is 62.7 Å². The lowest BCUT2D eigenvalue weighted by Gasteiger charge is -2.26. The number of aliphatic hydroxyl groups excluding tert-OH is 1. The maximum Gasteiger partial charge on any atom is 0.350 e. The molecule has 0 bridgehead atoms. The molecule has 1 aromatic rings. The fourth-order valence-corrected chi connectivity index (χ4v) is 5.67. The average Bonchev–Trinajstić information content (AvgIpc) is 3.32. The molecule has 0 aromatic heterocycles. The molecule has 2 aliphatic carbocycles. The van der Waals surface area contributed by atoms with Crippen LogP contribution in [0.2, 0.25) is 0 Å². The van der Waals surface area contributed by atoms with E-state index in [4.69, 9.17) is 15.2 Å². The molecule has 2 heterocycles. The highest BCUT2D eigenvalue weighted by molar-refractivity contribution is 6.32. The molecule has 8 heteroatoms. The van der Waals surface area contributed by atoms with E-state index in [1.165, 1.54) is 0 Å². The Kier molecular flexibility index (Phi) is 6.34. The van der Waals surface area contributed by atoms with E-state index in [1.807, 2.05) is 13.0 Å². The zero-order chi connectivity index (χ0) is 25.5. The van der Waals surface area contributed by atoms with Gasteiger partial charge in [-0.25, -0.2) is 4.79 Å². The molecule has 8 nitrogen and oxygen atoms in total. The fourth-order valence-electron chi connectivity index (χ4n) is 5.67. The van der Waals surface area contributed by atoms with Crippen LogP contribution in [-0.4, -0.2) is 53.1 Å². The maximum absolute atomic E-state index is 13.8. The normalized spacial score (nSPS) is 27.8. The topological polar surface area (TPSA) is 131 Å². The monoisotopic (exact) mass is 492 g/mol. The molecule has 2 fully saturated rings. The van der Waals surface area contributed by atoms with Gasteiger partial charge >= 0.3 is 5.97 Å². The number of hydrogen-bond acceptors (Lipinski definition) is 8. The van der Waals surface area contributed by atoms with Crippen molar-refractivity contribution >= 4 is 17.5 Å². The van der Waals surface area contributed by atoms with Crippen LogP contribution < -0.4 is 11.1 Å². The number of Topliss-reactive ketones (excluding diaryl/α,β-unsaturated/α-hetero) is 2. The number of hydrogen-bond donors (Lipinski definition) is 3. The first-order valence-corrected chi connectivity index (χ1v) is 12.6. The van der Waals surface area contributed by atoms with Crippen LogP contribution in [0.1, 0.15) is 72.6 Å². The number of epoxide rings is 1. The number of carbonyl (C=O) groups is 3. The molecule has 1 saturated heterocycles. The van der Waals surface area contributed by atoms with Crippen molar-refractivity contribution in [2.75, 3.05) is 13.2 Å². The summed E-state index contributed by atoms with van der Waals surface area (Å²) in [6.07, 6.45) is 8.31. The first-order chi connectivity index (χ1) is 17.3. The van der Waals surface area contributed by atoms with Crippen molar-refractivity contribution in [3.8, 4) is 0 Å². The lowest BCUT2D eigenvalue weighted by molar-refractivity contribution is -0.153. The van der Waals surface area contributed by atoms with E-state index in [9.17, 15) is 19.5 Å². The van der Waals surface area contributed by atoms with E-state index >= 15 is 0 Å². The number of esters is 1. The van der Waals surface area contributed by atoms with E-state index in [0.29, 0.717) is 30.8 Å². The molecule has 0 unspecified atom stereocenters. The number of aliphatic hydroxyl groups is 1. The summed E-state index contributed by atoms with van der Waals surface area (Å²) in [7, 11) is 0. The summed E-state index contributed by atoms with van der Waals surface area (Å²) in [5.74, 6) is -1.15. The third-order valence-electron chi connectivity index (χ3n) is 7.88. The minimum absolute atomic E-state index is 0.0490. The van der Waals surface area contributed by atoms with Crippen molar-refractivity contribution in [2.24, 2.45) is 5.73 Å². The molecule has 36 heavy (non-hydrogen) atoms. The van der Waals surface area contributed by atoms with Crippen molar-refractivity contribution in [3.63, 3.8) is 0 Å². The number of ketones is 2. The van der Waals surface area contributed by atoms with Crippen LogP contribution in [0.4, 0.5) is 0 Å². The molecule has 0 radical (unpaired) electrons. The highest BCUT2D eigenvalue weighted by atomic mass is 16.7. The molecule has 1 saturated carbocycles. The molecule has 2 atom stereocenters. The molecule has 0 amide bonds. The minimum atomic E-state index is -2.00. The Bertz CT molecular complexity index is 1210. The van der Waals surface area contributed by atoms with E-state index in [2.05, 4.69) is 11.4 Å². The smallest absolute Gasteiger partial charge is 0.350 e. The standard InChI is InChI=1S/C28H32N2O6/c1-17(10-11-18-12-13-30-23(29)14-18)19(16-31)15-27-24(32)21-8-4-5-9-22(21)25(33)28(27,36-27)26(34)35-20-6-2-3-7-20/h4-5,8-9,12,14,20,30-31H,2-3,6-7,10-11,13,15-16,29H2,1H3/b19-17-/t27-,28-/m0/s1. The average molecular weight is 493 g/mol. The largest absolute Gasteiger partial charge is 0.460 e. The van der Waals surface area contributed by atoms with Crippen LogP contribution in [0.3, 0.4) is 0 Å². The Balaban J connectivity index is 1.45. The summed E-state index contributed by atoms with van der Waals surface area (Å²) in [5.41, 5.74) is 5.10. The summed E-state index contributed by atoms with van der Waals surface area (Å²) in [6.45, 7) is 2.24. The van der Waals surface area contributed by atoms with Crippen LogP contribution in [-0.2, 0) is 14.3 Å². The Labute approximate surface area is 210 Å². The first kappa shape index (κ1) is 24.5. The molecule has 4 aliphatic rings. The second kappa shape index (κ2) is 9.33. The fraction of sp³-hybridized carbons (Fsp3) is 0.464. The van der Waals surface area contributed by atoms with Gasteiger partial charge in [0.15, 0.2) is 11.4 Å². The van der Waals surface area contributed by atoms with Crippen molar-refractivity contribution in [3.05, 3.63) is 70.1 Å². The zero-order valence-corrected chi connectivity index (χ0v) is 20.5. The number of rotatable bonds is 8. The number of fused-ring (bicyclic) bond motifs is 2. The number of ether oxygens (including phenoxy) is 2. The van der Waals surface area contributed by atoms with Crippen molar-refractivity contribution in [1.29, 1.82) is 0 Å². The highest BCUT2D eigenvalue weighted by Crippen LogP contribution is 2.59. The Hall–Kier alpha value is -3.23. The zero-order valence-electron chi connectivity index (χ0n) is 20.5. The van der Waals surface area contributed by atoms with Gasteiger partial charge in [0.1, 0.15) is 6.10 Å². The number of nitrogens with one attached hydrogen (secondary N) is 1. The number of dihydropyridines is 1. The second-order valence-electron chi connectivity index (χ2n) is 10.1. The lowest BCUT2D eigenvalue weighted by atomic mass is 9.71. The van der Waals surface area contributed by atoms with Crippen LogP contribution in [0.25, 0.3) is 0 Å². The predicted octanol–water partition coefficient (Wildman–Crippen LogP) is 2.87. The summed E-state index contributed by atoms with van der Waals surface area (Å²) in [5, 5.41) is 13.3. The number of allylic oxidation sites excluding steroid dienone is 3. The van der Waals surface area contributed by atoms with E-state index in [-0.39, 0.29) is 30.3 Å². The van der Waals surface area contributed by atoms with E-state index in [0.717, 1.165) is 36.8 Å². The minimum Gasteiger partial charge on any atom is -0.460 e. The second-order valence-corrected chi connectivity index (χ2v) is 10.1. The maximum atomic E-state index is 13.8. The lowest BCUT2D eigenvalue weighted by Crippen LogP contribution is -2.51. The Morgan fingerprint density at radius 1 is 1.19 bits per heavy atom. The Morgan fingerprint density at radius 2 is 1.89 bits per heavy atom. The van der Waals surface area contributed by atoms with Gasteiger partial charge in [-0.15, -0.1) is 0 Å². The van der Waals surface area contributed by atoms with Crippen LogP contribution in [0.15, 0.2) is 59.0 Å². The number of nitrogens with two attached hydrogens (primary N) is 1. The van der Waals surface area contributed by atoms with Gasteiger partial charge in [0.05, 0.1) is 12.4 Å². The summed E-state index contributed by atoms with van der Waals surface area (Å²) >= 11 is 0. The Morgan fingerprint density at radius 3 is 2.56 bits per heavy atom. The SMILES string of the molecule is C/C(CCC1=CCNC(N)=C1)=C(/CO)C[C@@]12O[C@]1(C(=O)OC1CCCC1)C(=O)c1ccccc1C2=O. The summed E-state index contributed by atoms with van der Waals surface area (Å²) in [4.78, 5) is 40.9. The van der Waals surface area contributed by atoms with Crippen LogP contribution in [0, 0.1) is 0 Å². The molecule has 4 N–H and O–H groups in total.